The smallest absolute Gasteiger partial charge is 0.227 e. The maximum absolute atomic E-state index is 11.5. The summed E-state index contributed by atoms with van der Waals surface area (Å²) in [5.41, 5.74) is 2.26. The van der Waals surface area contributed by atoms with E-state index in [-0.39, 0.29) is 5.91 Å². The number of carbonyl (C=O) groups excluding carboxylic acids is 1. The molecule has 1 atom stereocenters. The van der Waals surface area contributed by atoms with E-state index in [1.807, 2.05) is 17.0 Å². The van der Waals surface area contributed by atoms with Crippen LogP contribution < -0.4 is 4.90 Å². The van der Waals surface area contributed by atoms with Crippen LogP contribution in [0.5, 0.6) is 0 Å². The topological polar surface area (TPSA) is 20.3 Å². The molecule has 2 nitrogen and oxygen atoms in total. The Labute approximate surface area is 98.4 Å². The molecular weight excluding hydrogens is 254 g/mol. The second-order valence-electron chi connectivity index (χ2n) is 3.86. The summed E-state index contributed by atoms with van der Waals surface area (Å²) in [7, 11) is 0. The minimum absolute atomic E-state index is 0.245. The van der Waals surface area contributed by atoms with Crippen molar-refractivity contribution in [1.29, 1.82) is 0 Å². The number of halogens is 1. The zero-order chi connectivity index (χ0) is 10.8. The minimum Gasteiger partial charge on any atom is -0.312 e. The normalized spacial score (nSPS) is 18.3. The first-order valence-electron chi connectivity index (χ1n) is 5.23. The molecule has 2 rings (SSSR count). The van der Waals surface area contributed by atoms with E-state index in [2.05, 4.69) is 35.0 Å². The van der Waals surface area contributed by atoms with Gasteiger partial charge in [0.2, 0.25) is 5.91 Å². The summed E-state index contributed by atoms with van der Waals surface area (Å²) >= 11 is 3.52. The molecule has 1 saturated heterocycles. The Balaban J connectivity index is 2.19. The molecule has 0 aliphatic carbocycles. The highest BCUT2D eigenvalue weighted by molar-refractivity contribution is 9.09. The number of benzene rings is 1. The van der Waals surface area contributed by atoms with Crippen LogP contribution in [0.25, 0.3) is 0 Å². The SMILES string of the molecule is C[C@@H](Br)c1ccc(N2CCCC2=O)cc1. The lowest BCUT2D eigenvalue weighted by molar-refractivity contribution is -0.117. The lowest BCUT2D eigenvalue weighted by Crippen LogP contribution is -2.23. The summed E-state index contributed by atoms with van der Waals surface area (Å²) in [5.74, 6) is 0.245. The zero-order valence-electron chi connectivity index (χ0n) is 8.74. The summed E-state index contributed by atoms with van der Waals surface area (Å²) < 4.78 is 0. The molecule has 0 radical (unpaired) electrons. The second kappa shape index (κ2) is 4.35. The summed E-state index contributed by atoms with van der Waals surface area (Å²) in [4.78, 5) is 13.7. The number of nitrogens with zero attached hydrogens (tertiary/aromatic N) is 1. The van der Waals surface area contributed by atoms with Gasteiger partial charge in [0.05, 0.1) is 0 Å². The Morgan fingerprint density at radius 1 is 1.33 bits per heavy atom. The second-order valence-corrected chi connectivity index (χ2v) is 5.23. The third-order valence-electron chi connectivity index (χ3n) is 2.74. The van der Waals surface area contributed by atoms with Crippen LogP contribution >= 0.6 is 15.9 Å². The van der Waals surface area contributed by atoms with E-state index < -0.39 is 0 Å². The molecule has 0 spiro atoms. The standard InChI is InChI=1S/C12H14BrNO/c1-9(13)10-4-6-11(7-5-10)14-8-2-3-12(14)15/h4-7,9H,2-3,8H2,1H3/t9-/m1/s1. The van der Waals surface area contributed by atoms with Gasteiger partial charge in [0.1, 0.15) is 0 Å². The van der Waals surface area contributed by atoms with Crippen molar-refractivity contribution in [3.8, 4) is 0 Å². The van der Waals surface area contributed by atoms with Gasteiger partial charge in [0.25, 0.3) is 0 Å². The summed E-state index contributed by atoms with van der Waals surface area (Å²) in [6, 6.07) is 8.19. The number of hydrogen-bond donors (Lipinski definition) is 0. The van der Waals surface area contributed by atoms with Crippen molar-refractivity contribution >= 4 is 27.5 Å². The van der Waals surface area contributed by atoms with Crippen molar-refractivity contribution in [2.24, 2.45) is 0 Å². The van der Waals surface area contributed by atoms with Crippen molar-refractivity contribution in [3.63, 3.8) is 0 Å². The average Bonchev–Trinajstić information content (AvgIpc) is 2.65. The van der Waals surface area contributed by atoms with Gasteiger partial charge >= 0.3 is 0 Å². The molecule has 0 aromatic heterocycles. The van der Waals surface area contributed by atoms with Crippen LogP contribution in [0.15, 0.2) is 24.3 Å². The highest BCUT2D eigenvalue weighted by Gasteiger charge is 2.21. The molecule has 1 aromatic carbocycles. The fourth-order valence-electron chi connectivity index (χ4n) is 1.84. The molecular formula is C12H14BrNO. The van der Waals surface area contributed by atoms with Gasteiger partial charge in [-0.05, 0) is 31.0 Å². The Hall–Kier alpha value is -0.830. The van der Waals surface area contributed by atoms with Crippen molar-refractivity contribution < 1.29 is 4.79 Å². The average molecular weight is 268 g/mol. The fourth-order valence-corrected chi connectivity index (χ4v) is 2.15. The maximum Gasteiger partial charge on any atom is 0.227 e. The molecule has 80 valence electrons. The molecule has 1 aromatic rings. The molecule has 1 fully saturated rings. The van der Waals surface area contributed by atoms with Gasteiger partial charge in [0.15, 0.2) is 0 Å². The molecule has 15 heavy (non-hydrogen) atoms. The van der Waals surface area contributed by atoms with E-state index in [4.69, 9.17) is 0 Å². The Morgan fingerprint density at radius 2 is 2.00 bits per heavy atom. The predicted molar refractivity (Wildman–Crippen MR) is 65.4 cm³/mol. The third-order valence-corrected chi connectivity index (χ3v) is 3.27. The first-order chi connectivity index (χ1) is 7.18. The van der Waals surface area contributed by atoms with Crippen LogP contribution in [0.4, 0.5) is 5.69 Å². The van der Waals surface area contributed by atoms with E-state index in [0.29, 0.717) is 11.2 Å². The van der Waals surface area contributed by atoms with Gasteiger partial charge in [-0.15, -0.1) is 0 Å². The van der Waals surface area contributed by atoms with E-state index in [0.717, 1.165) is 18.7 Å². The van der Waals surface area contributed by atoms with E-state index >= 15 is 0 Å². The molecule has 0 unspecified atom stereocenters. The first-order valence-corrected chi connectivity index (χ1v) is 6.14. The number of rotatable bonds is 2. The monoisotopic (exact) mass is 267 g/mol. The molecule has 1 amide bonds. The Kier molecular flexibility index (Phi) is 3.10. The molecule has 0 N–H and O–H groups in total. The van der Waals surface area contributed by atoms with Gasteiger partial charge in [-0.1, -0.05) is 28.1 Å². The number of hydrogen-bond acceptors (Lipinski definition) is 1. The van der Waals surface area contributed by atoms with Crippen molar-refractivity contribution in [2.45, 2.75) is 24.6 Å². The molecule has 0 saturated carbocycles. The Morgan fingerprint density at radius 3 is 2.47 bits per heavy atom. The molecule has 3 heteroatoms. The van der Waals surface area contributed by atoms with Crippen LogP contribution in [-0.2, 0) is 4.79 Å². The zero-order valence-corrected chi connectivity index (χ0v) is 10.3. The highest BCUT2D eigenvalue weighted by atomic mass is 79.9. The number of amides is 1. The van der Waals surface area contributed by atoms with Gasteiger partial charge in [-0.2, -0.15) is 0 Å². The first kappa shape index (κ1) is 10.7. The quantitative estimate of drug-likeness (QED) is 0.754. The minimum atomic E-state index is 0.245. The molecule has 1 aliphatic rings. The number of alkyl halides is 1. The lowest BCUT2D eigenvalue weighted by atomic mass is 10.1. The van der Waals surface area contributed by atoms with E-state index in [1.54, 1.807) is 0 Å². The van der Waals surface area contributed by atoms with Gasteiger partial charge in [-0.3, -0.25) is 4.79 Å². The maximum atomic E-state index is 11.5. The molecule has 0 bridgehead atoms. The third kappa shape index (κ3) is 2.23. The van der Waals surface area contributed by atoms with Gasteiger partial charge < -0.3 is 4.90 Å². The van der Waals surface area contributed by atoms with Gasteiger partial charge in [0, 0.05) is 23.5 Å². The predicted octanol–water partition coefficient (Wildman–Crippen LogP) is 3.27. The fraction of sp³-hybridized carbons (Fsp3) is 0.417. The molecule has 1 aliphatic heterocycles. The van der Waals surface area contributed by atoms with Crippen LogP contribution in [0, 0.1) is 0 Å². The lowest BCUT2D eigenvalue weighted by Gasteiger charge is -2.16. The number of carbonyl (C=O) groups is 1. The van der Waals surface area contributed by atoms with Crippen molar-refractivity contribution in [3.05, 3.63) is 29.8 Å². The largest absolute Gasteiger partial charge is 0.312 e. The molecule has 1 heterocycles. The van der Waals surface area contributed by atoms with E-state index in [1.165, 1.54) is 5.56 Å². The van der Waals surface area contributed by atoms with Crippen molar-refractivity contribution in [1.82, 2.24) is 0 Å². The summed E-state index contributed by atoms with van der Waals surface area (Å²) in [6.07, 6.45) is 1.67. The summed E-state index contributed by atoms with van der Waals surface area (Å²) in [6.45, 7) is 2.96. The van der Waals surface area contributed by atoms with Gasteiger partial charge in [-0.25, -0.2) is 0 Å². The van der Waals surface area contributed by atoms with E-state index in [9.17, 15) is 4.79 Å². The van der Waals surface area contributed by atoms with Crippen molar-refractivity contribution in [2.75, 3.05) is 11.4 Å². The Bertz CT molecular complexity index is 358. The van der Waals surface area contributed by atoms with Crippen LogP contribution in [0.1, 0.15) is 30.2 Å². The number of anilines is 1. The van der Waals surface area contributed by atoms with Crippen LogP contribution in [0.2, 0.25) is 0 Å². The highest BCUT2D eigenvalue weighted by Crippen LogP contribution is 2.26. The van der Waals surface area contributed by atoms with Crippen LogP contribution in [0.3, 0.4) is 0 Å². The summed E-state index contributed by atoms with van der Waals surface area (Å²) in [5, 5.41) is 0. The van der Waals surface area contributed by atoms with Crippen LogP contribution in [-0.4, -0.2) is 12.5 Å².